The molecule has 1 amide bonds. The second-order valence-corrected chi connectivity index (χ2v) is 6.67. The molecule has 0 fully saturated rings. The van der Waals surface area contributed by atoms with Crippen LogP contribution in [0.15, 0.2) is 60.7 Å². The highest BCUT2D eigenvalue weighted by Gasteiger charge is 2.19. The van der Waals surface area contributed by atoms with Crippen molar-refractivity contribution in [3.05, 3.63) is 83.2 Å². The lowest BCUT2D eigenvalue weighted by Crippen LogP contribution is -2.31. The van der Waals surface area contributed by atoms with Gasteiger partial charge >= 0.3 is 0 Å². The summed E-state index contributed by atoms with van der Waals surface area (Å²) in [5.41, 5.74) is 8.59. The summed E-state index contributed by atoms with van der Waals surface area (Å²) >= 11 is 0. The molecule has 3 aromatic rings. The van der Waals surface area contributed by atoms with Crippen molar-refractivity contribution in [2.45, 2.75) is 6.04 Å². The Kier molecular flexibility index (Phi) is 6.44. The van der Waals surface area contributed by atoms with Gasteiger partial charge in [0.1, 0.15) is 11.6 Å². The van der Waals surface area contributed by atoms with Gasteiger partial charge in [0.2, 0.25) is 0 Å². The van der Waals surface area contributed by atoms with Gasteiger partial charge in [-0.25, -0.2) is 4.39 Å². The fourth-order valence-corrected chi connectivity index (χ4v) is 3.09. The minimum absolute atomic E-state index is 0.151. The van der Waals surface area contributed by atoms with Crippen LogP contribution in [-0.2, 0) is 0 Å². The van der Waals surface area contributed by atoms with E-state index in [1.807, 2.05) is 0 Å². The molecule has 0 aliphatic carbocycles. The van der Waals surface area contributed by atoms with Gasteiger partial charge in [0.05, 0.1) is 25.3 Å². The number of anilines is 1. The monoisotopic (exact) mass is 407 g/mol. The summed E-state index contributed by atoms with van der Waals surface area (Å²) in [6, 6.07) is 15.5. The summed E-state index contributed by atoms with van der Waals surface area (Å²) in [6.07, 6.45) is 1.13. The van der Waals surface area contributed by atoms with Gasteiger partial charge in [0.15, 0.2) is 0 Å². The molecule has 0 saturated heterocycles. The Morgan fingerprint density at radius 3 is 2.63 bits per heavy atom. The average molecular weight is 407 g/mol. The number of carbonyl (C=O) groups is 1. The van der Waals surface area contributed by atoms with E-state index in [4.69, 9.17) is 15.9 Å². The molecule has 3 aromatic carbocycles. The number of aliphatic hydroxyl groups is 1. The lowest BCUT2D eigenvalue weighted by molar-refractivity contribution is 0.0912. The zero-order valence-corrected chi connectivity index (χ0v) is 16.4. The van der Waals surface area contributed by atoms with Gasteiger partial charge in [0.25, 0.3) is 5.91 Å². The fraction of sp³-hybridized carbons (Fsp3) is 0.130. The minimum Gasteiger partial charge on any atom is -0.497 e. The Hall–Kier alpha value is -3.71. The topological polar surface area (TPSA) is 108 Å². The first kappa shape index (κ1) is 21.0. The van der Waals surface area contributed by atoms with Gasteiger partial charge in [-0.15, -0.1) is 0 Å². The van der Waals surface area contributed by atoms with Gasteiger partial charge < -0.3 is 26.3 Å². The van der Waals surface area contributed by atoms with E-state index in [1.54, 1.807) is 48.5 Å². The van der Waals surface area contributed by atoms with Crippen LogP contribution in [0.4, 0.5) is 10.1 Å². The van der Waals surface area contributed by atoms with Crippen LogP contribution in [0.5, 0.6) is 5.75 Å². The first-order valence-electron chi connectivity index (χ1n) is 9.22. The Morgan fingerprint density at radius 2 is 1.93 bits per heavy atom. The summed E-state index contributed by atoms with van der Waals surface area (Å²) in [6.45, 7) is -0.360. The highest BCUT2D eigenvalue weighted by Crippen LogP contribution is 2.26. The molecular weight excluding hydrogens is 385 g/mol. The number of halogens is 1. The maximum absolute atomic E-state index is 14.4. The van der Waals surface area contributed by atoms with E-state index in [2.05, 4.69) is 5.32 Å². The van der Waals surface area contributed by atoms with E-state index in [-0.39, 0.29) is 12.2 Å². The summed E-state index contributed by atoms with van der Waals surface area (Å²) in [4.78, 5) is 12.8. The van der Waals surface area contributed by atoms with E-state index in [0.717, 1.165) is 6.21 Å². The van der Waals surface area contributed by atoms with Gasteiger partial charge in [-0.2, -0.15) is 0 Å². The molecule has 3 rings (SSSR count). The highest BCUT2D eigenvalue weighted by atomic mass is 19.1. The normalized spacial score (nSPS) is 11.6. The van der Waals surface area contributed by atoms with Crippen LogP contribution >= 0.6 is 0 Å². The third-order valence-electron chi connectivity index (χ3n) is 4.77. The van der Waals surface area contributed by atoms with Crippen LogP contribution in [0, 0.1) is 11.2 Å². The third kappa shape index (κ3) is 4.47. The van der Waals surface area contributed by atoms with Crippen molar-refractivity contribution < 1.29 is 19.0 Å². The number of ether oxygens (including phenoxy) is 1. The lowest BCUT2D eigenvalue weighted by Gasteiger charge is -2.18. The number of rotatable bonds is 7. The standard InChI is InChI=1S/C23H22FN3O3/c1-30-18-4-2-3-16(10-18)22(13-28)27-23(29)19-11-15(5-7-20(19)24)14-6-8-21(26)17(9-14)12-25/h2-12,22,25,28H,13,26H2,1H3,(H,27,29). The number of hydrogen-bond acceptors (Lipinski definition) is 5. The quantitative estimate of drug-likeness (QED) is 0.355. The number of nitrogen functional groups attached to an aromatic ring is 1. The molecule has 6 nitrogen and oxygen atoms in total. The van der Waals surface area contributed by atoms with E-state index < -0.39 is 17.8 Å². The first-order valence-corrected chi connectivity index (χ1v) is 9.22. The SMILES string of the molecule is COc1cccc(C(CO)NC(=O)c2cc(-c3ccc(N)c(C=N)c3)ccc2F)c1. The molecule has 0 bridgehead atoms. The first-order chi connectivity index (χ1) is 14.5. The Bertz CT molecular complexity index is 1090. The maximum atomic E-state index is 14.4. The Morgan fingerprint density at radius 1 is 1.20 bits per heavy atom. The summed E-state index contributed by atoms with van der Waals surface area (Å²) in [5.74, 6) is -0.751. The molecule has 0 spiro atoms. The van der Waals surface area contributed by atoms with E-state index in [0.29, 0.717) is 33.7 Å². The van der Waals surface area contributed by atoms with Crippen LogP contribution in [0.25, 0.3) is 11.1 Å². The van der Waals surface area contributed by atoms with E-state index in [9.17, 15) is 14.3 Å². The zero-order valence-electron chi connectivity index (χ0n) is 16.4. The van der Waals surface area contributed by atoms with Crippen LogP contribution in [0.2, 0.25) is 0 Å². The number of aliphatic hydroxyl groups excluding tert-OH is 1. The predicted octanol–water partition coefficient (Wildman–Crippen LogP) is 3.54. The van der Waals surface area contributed by atoms with Crippen molar-refractivity contribution in [1.82, 2.24) is 5.32 Å². The van der Waals surface area contributed by atoms with E-state index >= 15 is 0 Å². The van der Waals surface area contributed by atoms with Crippen molar-refractivity contribution in [2.75, 3.05) is 19.5 Å². The van der Waals surface area contributed by atoms with Crippen LogP contribution in [0.1, 0.15) is 27.5 Å². The molecule has 7 heteroatoms. The predicted molar refractivity (Wildman–Crippen MR) is 114 cm³/mol. The molecule has 0 radical (unpaired) electrons. The molecule has 0 aliphatic heterocycles. The van der Waals surface area contributed by atoms with Gasteiger partial charge in [-0.3, -0.25) is 4.79 Å². The molecule has 30 heavy (non-hydrogen) atoms. The van der Waals surface area contributed by atoms with Gasteiger partial charge in [-0.1, -0.05) is 24.3 Å². The van der Waals surface area contributed by atoms with Gasteiger partial charge in [0, 0.05) is 17.5 Å². The zero-order chi connectivity index (χ0) is 21.7. The average Bonchev–Trinajstić information content (AvgIpc) is 2.78. The largest absolute Gasteiger partial charge is 0.497 e. The van der Waals surface area contributed by atoms with Crippen LogP contribution < -0.4 is 15.8 Å². The number of nitrogens with two attached hydrogens (primary N) is 1. The molecule has 0 aromatic heterocycles. The number of amides is 1. The molecule has 0 saturated carbocycles. The van der Waals surface area contributed by atoms with Crippen LogP contribution in [0.3, 0.4) is 0 Å². The summed E-state index contributed by atoms with van der Waals surface area (Å²) in [7, 11) is 1.52. The Labute approximate surface area is 173 Å². The van der Waals surface area contributed by atoms with Crippen molar-refractivity contribution in [2.24, 2.45) is 0 Å². The number of nitrogens with one attached hydrogen (secondary N) is 2. The molecule has 1 atom stereocenters. The number of methoxy groups -OCH3 is 1. The summed E-state index contributed by atoms with van der Waals surface area (Å²) < 4.78 is 19.6. The summed E-state index contributed by atoms with van der Waals surface area (Å²) in [5, 5.41) is 19.8. The second-order valence-electron chi connectivity index (χ2n) is 6.67. The molecule has 0 aliphatic rings. The maximum Gasteiger partial charge on any atom is 0.254 e. The second kappa shape index (κ2) is 9.19. The third-order valence-corrected chi connectivity index (χ3v) is 4.77. The van der Waals surface area contributed by atoms with Crippen molar-refractivity contribution >= 4 is 17.8 Å². The number of hydrogen-bond donors (Lipinski definition) is 4. The molecule has 0 heterocycles. The molecular formula is C23H22FN3O3. The van der Waals surface area contributed by atoms with Crippen molar-refractivity contribution in [3.63, 3.8) is 0 Å². The molecule has 5 N–H and O–H groups in total. The number of carbonyl (C=O) groups excluding carboxylic acids is 1. The van der Waals surface area contributed by atoms with E-state index in [1.165, 1.54) is 19.2 Å². The Balaban J connectivity index is 1.90. The van der Waals surface area contributed by atoms with Crippen LogP contribution in [-0.4, -0.2) is 30.9 Å². The molecule has 154 valence electrons. The highest BCUT2D eigenvalue weighted by molar-refractivity contribution is 5.96. The lowest BCUT2D eigenvalue weighted by atomic mass is 9.99. The van der Waals surface area contributed by atoms with Crippen molar-refractivity contribution in [3.8, 4) is 16.9 Å². The van der Waals surface area contributed by atoms with Crippen molar-refractivity contribution in [1.29, 1.82) is 5.41 Å². The smallest absolute Gasteiger partial charge is 0.254 e. The van der Waals surface area contributed by atoms with Gasteiger partial charge in [-0.05, 0) is 53.1 Å². The fourth-order valence-electron chi connectivity index (χ4n) is 3.09. The minimum atomic E-state index is -0.725. The number of benzene rings is 3. The molecule has 1 unspecified atom stereocenters.